The van der Waals surface area contributed by atoms with Crippen LogP contribution in [0.15, 0.2) is 42.5 Å². The average Bonchev–Trinajstić information content (AvgIpc) is 3.06. The topological polar surface area (TPSA) is 24.3 Å². The molecule has 3 atom stereocenters. The molecule has 0 radical (unpaired) electrons. The molecule has 31 heavy (non-hydrogen) atoms. The molecule has 2 aromatic carbocycles. The van der Waals surface area contributed by atoms with Crippen molar-refractivity contribution in [2.45, 2.75) is 25.3 Å². The van der Waals surface area contributed by atoms with E-state index in [4.69, 9.17) is 4.98 Å². The first-order chi connectivity index (χ1) is 14.7. The summed E-state index contributed by atoms with van der Waals surface area (Å²) in [5.74, 6) is 0.802. The molecule has 3 aromatic rings. The Morgan fingerprint density at radius 2 is 1.77 bits per heavy atom. The van der Waals surface area contributed by atoms with Crippen LogP contribution in [0.3, 0.4) is 0 Å². The Morgan fingerprint density at radius 3 is 2.45 bits per heavy atom. The molecule has 8 heteroatoms. The van der Waals surface area contributed by atoms with Gasteiger partial charge in [0.15, 0.2) is 0 Å². The summed E-state index contributed by atoms with van der Waals surface area (Å²) in [4.78, 5) is 9.12. The van der Waals surface area contributed by atoms with E-state index in [-0.39, 0.29) is 18.2 Å². The first-order valence-electron chi connectivity index (χ1n) is 10.4. The van der Waals surface area contributed by atoms with Crippen molar-refractivity contribution in [1.82, 2.24) is 19.4 Å². The molecule has 2 heterocycles. The van der Waals surface area contributed by atoms with Crippen molar-refractivity contribution in [3.8, 4) is 0 Å². The second-order valence-corrected chi connectivity index (χ2v) is 8.78. The van der Waals surface area contributed by atoms with Gasteiger partial charge in [0, 0.05) is 38.3 Å². The number of aromatic nitrogens is 2. The van der Waals surface area contributed by atoms with E-state index < -0.39 is 17.6 Å². The lowest BCUT2D eigenvalue weighted by Crippen LogP contribution is -2.33. The number of nitrogens with zero attached hydrogens (tertiary/aromatic N) is 4. The van der Waals surface area contributed by atoms with Crippen molar-refractivity contribution in [2.24, 2.45) is 18.9 Å². The Balaban J connectivity index is 1.21. The van der Waals surface area contributed by atoms with E-state index in [9.17, 15) is 17.6 Å². The van der Waals surface area contributed by atoms with Crippen molar-refractivity contribution in [3.05, 3.63) is 65.2 Å². The number of fused-ring (bicyclic) bond motifs is 2. The standard InChI is InChI=1S/C23H24F4N4/c1-29(10-14-6-5-7-17(21(14)24)23(25,26)27)22-15-11-31(12-16(15)22)13-20-28-18-8-3-4-9-19(18)30(20)2/h3-9,15-16,22H,10-13H2,1-2H3/t15-,16+,22?. The zero-order chi connectivity index (χ0) is 21.9. The third-order valence-corrected chi connectivity index (χ3v) is 6.78. The Morgan fingerprint density at radius 1 is 1.06 bits per heavy atom. The fraction of sp³-hybridized carbons (Fsp3) is 0.435. The minimum absolute atomic E-state index is 0.0962. The minimum Gasteiger partial charge on any atom is -0.330 e. The maximum Gasteiger partial charge on any atom is 0.419 e. The first kappa shape index (κ1) is 20.5. The molecular weight excluding hydrogens is 408 g/mol. The summed E-state index contributed by atoms with van der Waals surface area (Å²) < 4.78 is 55.4. The summed E-state index contributed by atoms with van der Waals surface area (Å²) >= 11 is 0. The van der Waals surface area contributed by atoms with Crippen LogP contribution in [0.2, 0.25) is 0 Å². The summed E-state index contributed by atoms with van der Waals surface area (Å²) in [5.41, 5.74) is 1.01. The van der Waals surface area contributed by atoms with Gasteiger partial charge in [-0.15, -0.1) is 0 Å². The Kier molecular flexibility index (Phi) is 4.82. The van der Waals surface area contributed by atoms with E-state index in [1.165, 1.54) is 12.1 Å². The number of halogens is 4. The fourth-order valence-corrected chi connectivity index (χ4v) is 5.20. The van der Waals surface area contributed by atoms with Gasteiger partial charge < -0.3 is 4.57 Å². The van der Waals surface area contributed by atoms with Crippen LogP contribution in [-0.4, -0.2) is 45.5 Å². The Bertz CT molecular complexity index is 1110. The molecular formula is C23H24F4N4. The molecule has 0 N–H and O–H groups in total. The highest BCUT2D eigenvalue weighted by atomic mass is 19.4. The number of aryl methyl sites for hydroxylation is 1. The Hall–Kier alpha value is -2.45. The quantitative estimate of drug-likeness (QED) is 0.562. The predicted octanol–water partition coefficient (Wildman–Crippen LogP) is 4.29. The van der Waals surface area contributed by atoms with Crippen molar-refractivity contribution in [1.29, 1.82) is 0 Å². The van der Waals surface area contributed by atoms with Gasteiger partial charge in [-0.1, -0.05) is 24.3 Å². The highest BCUT2D eigenvalue weighted by Gasteiger charge is 2.57. The molecule has 1 aromatic heterocycles. The molecule has 1 aliphatic heterocycles. The molecule has 5 rings (SSSR count). The van der Waals surface area contributed by atoms with E-state index in [0.717, 1.165) is 42.6 Å². The molecule has 1 saturated heterocycles. The number of alkyl halides is 3. The van der Waals surface area contributed by atoms with Crippen molar-refractivity contribution >= 4 is 11.0 Å². The molecule has 2 aliphatic rings. The van der Waals surface area contributed by atoms with Gasteiger partial charge in [0.25, 0.3) is 0 Å². The number of rotatable bonds is 5. The van der Waals surface area contributed by atoms with Crippen LogP contribution in [0.5, 0.6) is 0 Å². The van der Waals surface area contributed by atoms with E-state index >= 15 is 0 Å². The summed E-state index contributed by atoms with van der Waals surface area (Å²) in [6, 6.07) is 11.9. The van der Waals surface area contributed by atoms with Gasteiger partial charge in [-0.05, 0) is 37.1 Å². The summed E-state index contributed by atoms with van der Waals surface area (Å²) in [7, 11) is 3.90. The van der Waals surface area contributed by atoms with Crippen molar-refractivity contribution in [3.63, 3.8) is 0 Å². The summed E-state index contributed by atoms with van der Waals surface area (Å²) in [6.45, 7) is 2.80. The van der Waals surface area contributed by atoms with Gasteiger partial charge in [0.1, 0.15) is 11.6 Å². The summed E-state index contributed by atoms with van der Waals surface area (Å²) in [6.07, 6.45) is -4.68. The maximum atomic E-state index is 14.4. The van der Waals surface area contributed by atoms with Crippen molar-refractivity contribution in [2.75, 3.05) is 20.1 Å². The van der Waals surface area contributed by atoms with Gasteiger partial charge in [0.2, 0.25) is 0 Å². The van der Waals surface area contributed by atoms with Crippen LogP contribution < -0.4 is 0 Å². The number of piperidine rings is 1. The molecule has 1 unspecified atom stereocenters. The molecule has 1 saturated carbocycles. The van der Waals surface area contributed by atoms with Gasteiger partial charge in [-0.3, -0.25) is 9.80 Å². The molecule has 0 amide bonds. The lowest BCUT2D eigenvalue weighted by atomic mass is 10.1. The van der Waals surface area contributed by atoms with E-state index in [0.29, 0.717) is 11.8 Å². The minimum atomic E-state index is -4.68. The molecule has 4 nitrogen and oxygen atoms in total. The molecule has 2 fully saturated rings. The molecule has 0 spiro atoms. The van der Waals surface area contributed by atoms with Crippen molar-refractivity contribution < 1.29 is 17.6 Å². The van der Waals surface area contributed by atoms with Gasteiger partial charge >= 0.3 is 6.18 Å². The van der Waals surface area contributed by atoms with Crippen LogP contribution in [0.1, 0.15) is 17.0 Å². The average molecular weight is 432 g/mol. The Labute approximate surface area is 178 Å². The number of imidazole rings is 1. The SMILES string of the molecule is CN(Cc1cccc(C(F)(F)F)c1F)C1[C@H]2CN(Cc3nc4ccccc4n3C)C[C@@H]12. The lowest BCUT2D eigenvalue weighted by molar-refractivity contribution is -0.140. The van der Waals surface area contributed by atoms with Gasteiger partial charge in [0.05, 0.1) is 23.1 Å². The van der Waals surface area contributed by atoms with Crippen LogP contribution >= 0.6 is 0 Å². The highest BCUT2D eigenvalue weighted by molar-refractivity contribution is 5.75. The largest absolute Gasteiger partial charge is 0.419 e. The second-order valence-electron chi connectivity index (χ2n) is 8.78. The number of para-hydroxylation sites is 2. The second kappa shape index (κ2) is 7.31. The number of hydrogen-bond acceptors (Lipinski definition) is 3. The highest BCUT2D eigenvalue weighted by Crippen LogP contribution is 2.49. The summed E-state index contributed by atoms with van der Waals surface area (Å²) in [5, 5.41) is 0. The molecule has 1 aliphatic carbocycles. The van der Waals surface area contributed by atoms with Crippen LogP contribution in [0, 0.1) is 17.7 Å². The van der Waals surface area contributed by atoms with Crippen LogP contribution in [0.4, 0.5) is 17.6 Å². The number of hydrogen-bond donors (Lipinski definition) is 0. The zero-order valence-corrected chi connectivity index (χ0v) is 17.4. The zero-order valence-electron chi connectivity index (χ0n) is 17.4. The monoisotopic (exact) mass is 432 g/mol. The van der Waals surface area contributed by atoms with E-state index in [2.05, 4.69) is 15.5 Å². The predicted molar refractivity (Wildman–Crippen MR) is 110 cm³/mol. The fourth-order valence-electron chi connectivity index (χ4n) is 5.20. The maximum absolute atomic E-state index is 14.4. The first-order valence-corrected chi connectivity index (χ1v) is 10.4. The van der Waals surface area contributed by atoms with Crippen LogP contribution in [0.25, 0.3) is 11.0 Å². The third-order valence-electron chi connectivity index (χ3n) is 6.78. The normalized spacial score (nSPS) is 23.6. The van der Waals surface area contributed by atoms with E-state index in [1.807, 2.05) is 37.2 Å². The van der Waals surface area contributed by atoms with E-state index in [1.54, 1.807) is 0 Å². The smallest absolute Gasteiger partial charge is 0.330 e. The number of benzene rings is 2. The third kappa shape index (κ3) is 3.61. The molecule has 164 valence electrons. The number of likely N-dealkylation sites (tertiary alicyclic amines) is 1. The lowest BCUT2D eigenvalue weighted by Gasteiger charge is -2.24. The van der Waals surface area contributed by atoms with Gasteiger partial charge in [-0.2, -0.15) is 13.2 Å². The van der Waals surface area contributed by atoms with Gasteiger partial charge in [-0.25, -0.2) is 9.37 Å². The van der Waals surface area contributed by atoms with Crippen LogP contribution in [-0.2, 0) is 26.3 Å². The molecule has 0 bridgehead atoms.